The number of hydrogen-bond acceptors (Lipinski definition) is 16. The number of carbonyl (C=O) groups excluding carboxylic acids is 2. The van der Waals surface area contributed by atoms with Crippen LogP contribution in [0.5, 0.6) is 0 Å². The molecule has 0 aromatic heterocycles. The summed E-state index contributed by atoms with van der Waals surface area (Å²) in [7, 11) is 0. The summed E-state index contributed by atoms with van der Waals surface area (Å²) < 4.78 is 79.5. The van der Waals surface area contributed by atoms with E-state index in [9.17, 15) is 19.8 Å². The van der Waals surface area contributed by atoms with Gasteiger partial charge < -0.3 is 67.1 Å². The van der Waals surface area contributed by atoms with Gasteiger partial charge in [0.15, 0.2) is 25.0 Å². The summed E-state index contributed by atoms with van der Waals surface area (Å²) in [5, 5.41) is 25.4. The number of aliphatic hydroxyl groups is 2. The molecule has 0 aliphatic carbocycles. The smallest absolute Gasteiger partial charge is 0.412 e. The summed E-state index contributed by atoms with van der Waals surface area (Å²) in [6, 6.07) is 66.0. The van der Waals surface area contributed by atoms with E-state index < -0.39 is 91.8 Å². The molecule has 0 bridgehead atoms. The molecule has 0 spiro atoms. The van der Waals surface area contributed by atoms with E-state index in [1.165, 1.54) is 4.90 Å². The van der Waals surface area contributed by atoms with Crippen molar-refractivity contribution in [3.8, 4) is 0 Å². The molecule has 3 heterocycles. The Morgan fingerprint density at radius 1 is 0.404 bits per heavy atom. The quantitative estimate of drug-likeness (QED) is 0.0348. The van der Waals surface area contributed by atoms with Crippen molar-refractivity contribution >= 4 is 12.1 Å². The topological polar surface area (TPSA) is 189 Å². The van der Waals surface area contributed by atoms with Crippen molar-refractivity contribution in [1.82, 2.24) is 4.90 Å². The maximum absolute atomic E-state index is 14.2. The number of aliphatic hydroxyl groups excluding tert-OH is 2. The Kier molecular flexibility index (Phi) is 24.0. The van der Waals surface area contributed by atoms with Crippen molar-refractivity contribution in [2.24, 2.45) is 17.8 Å². The van der Waals surface area contributed by atoms with Crippen molar-refractivity contribution in [2.45, 2.75) is 134 Å². The molecule has 3 saturated heterocycles. The van der Waals surface area contributed by atoms with Crippen LogP contribution in [0.25, 0.3) is 0 Å². The number of nitrogens with zero attached hydrogens (tertiary/aromatic N) is 1. The average Bonchev–Trinajstić information content (AvgIpc) is 1.03. The lowest BCUT2D eigenvalue weighted by Gasteiger charge is -2.50. The Morgan fingerprint density at radius 3 is 1.33 bits per heavy atom. The molecule has 17 nitrogen and oxygen atoms in total. The Bertz CT molecular complexity index is 3160. The van der Waals surface area contributed by atoms with E-state index in [2.05, 4.69) is 6.92 Å². The van der Waals surface area contributed by atoms with Crippen LogP contribution >= 0.6 is 0 Å². The van der Waals surface area contributed by atoms with Gasteiger partial charge in [0.2, 0.25) is 0 Å². The highest BCUT2D eigenvalue weighted by atomic mass is 16.8. The van der Waals surface area contributed by atoms with E-state index >= 15 is 0 Å². The molecule has 17 heteroatoms. The molecule has 0 saturated carbocycles. The predicted molar refractivity (Wildman–Crippen MR) is 329 cm³/mol. The molecule has 3 aliphatic rings. The van der Waals surface area contributed by atoms with Crippen LogP contribution in [-0.4, -0.2) is 128 Å². The maximum Gasteiger partial charge on any atom is 0.412 e. The second kappa shape index (κ2) is 33.0. The second-order valence-corrected chi connectivity index (χ2v) is 22.9. The molecule has 1 amide bonds. The molecule has 7 aromatic rings. The Balaban J connectivity index is 0.965. The highest BCUT2D eigenvalue weighted by molar-refractivity contribution is 5.89. The zero-order chi connectivity index (χ0) is 61.7. The first-order chi connectivity index (χ1) is 43.5. The molecule has 470 valence electrons. The number of hydrogen-bond donors (Lipinski definition) is 2. The fourth-order valence-corrected chi connectivity index (χ4v) is 11.1. The van der Waals surface area contributed by atoms with Crippen molar-refractivity contribution < 1.29 is 76.6 Å². The van der Waals surface area contributed by atoms with Crippen molar-refractivity contribution in [3.63, 3.8) is 0 Å². The second-order valence-electron chi connectivity index (χ2n) is 22.9. The Hall–Kier alpha value is -7.20. The maximum atomic E-state index is 14.2. The molecule has 7 aromatic carbocycles. The number of amides is 1. The van der Waals surface area contributed by atoms with Crippen LogP contribution in [0.3, 0.4) is 0 Å². The minimum atomic E-state index is -1.57. The van der Waals surface area contributed by atoms with Crippen LogP contribution in [-0.2, 0) is 96.4 Å². The average molecular weight is 1220 g/mol. The van der Waals surface area contributed by atoms with Gasteiger partial charge in [-0.15, -0.1) is 0 Å². The normalized spacial score (nSPS) is 26.9. The molecular weight excluding hydrogens is 1130 g/mol. The van der Waals surface area contributed by atoms with Crippen LogP contribution < -0.4 is 0 Å². The van der Waals surface area contributed by atoms with E-state index in [0.717, 1.165) is 33.4 Å². The highest BCUT2D eigenvalue weighted by Gasteiger charge is 2.55. The van der Waals surface area contributed by atoms with E-state index in [1.807, 2.05) is 189 Å². The largest absolute Gasteiger partial charge is 0.451 e. The Labute approximate surface area is 521 Å². The number of esters is 1. The van der Waals surface area contributed by atoms with Gasteiger partial charge in [0.25, 0.3) is 0 Å². The lowest BCUT2D eigenvalue weighted by Crippen LogP contribution is -2.65. The molecule has 3 fully saturated rings. The van der Waals surface area contributed by atoms with Crippen molar-refractivity contribution in [2.75, 3.05) is 26.6 Å². The monoisotopic (exact) mass is 1220 g/mol. The number of rotatable bonds is 28. The lowest BCUT2D eigenvalue weighted by atomic mass is 9.83. The summed E-state index contributed by atoms with van der Waals surface area (Å²) >= 11 is 0. The van der Waals surface area contributed by atoms with Crippen molar-refractivity contribution in [1.29, 1.82) is 0 Å². The molecule has 0 radical (unpaired) electrons. The zero-order valence-electron chi connectivity index (χ0n) is 50.5. The molecule has 89 heavy (non-hydrogen) atoms. The van der Waals surface area contributed by atoms with E-state index in [-0.39, 0.29) is 76.9 Å². The van der Waals surface area contributed by atoms with Crippen LogP contribution in [0.2, 0.25) is 0 Å². The number of ether oxygens (including phenoxy) is 12. The molecule has 3 aliphatic heterocycles. The highest BCUT2D eigenvalue weighted by Crippen LogP contribution is 2.39. The number of benzene rings is 7. The van der Waals surface area contributed by atoms with Gasteiger partial charge in [-0.1, -0.05) is 221 Å². The third-order valence-corrected chi connectivity index (χ3v) is 16.5. The molecule has 6 unspecified atom stereocenters. The zero-order valence-corrected chi connectivity index (χ0v) is 50.5. The fraction of sp³-hybridized carbons (Fsp3) is 0.389. The first-order valence-corrected chi connectivity index (χ1v) is 30.6. The van der Waals surface area contributed by atoms with E-state index in [0.29, 0.717) is 6.61 Å². The SMILES string of the molecule is C[C@@H]1C(COCc2ccccc2)O[C@H](OCN(Cc2ccccc2)C(=O)OCc2ccccc2)C(O[C@H]2OC(COCc3ccccc3)[C@@H](O[C@@H]3OC(COCc4ccccc4)[C@@H](C)[C@H](O)C3OC(=O)c3ccccc3)[C@H](O)C2OCc2ccccc2)[C@H]1C. The van der Waals surface area contributed by atoms with Gasteiger partial charge in [-0.3, -0.25) is 4.90 Å². The fourth-order valence-electron chi connectivity index (χ4n) is 11.1. The minimum absolute atomic E-state index is 0.00932. The summed E-state index contributed by atoms with van der Waals surface area (Å²) in [6.45, 7) is 6.67. The van der Waals surface area contributed by atoms with Gasteiger partial charge in [0.05, 0.1) is 70.6 Å². The minimum Gasteiger partial charge on any atom is -0.451 e. The molecule has 10 rings (SSSR count). The van der Waals surface area contributed by atoms with Crippen molar-refractivity contribution in [3.05, 3.63) is 251 Å². The van der Waals surface area contributed by atoms with Gasteiger partial charge in [-0.25, -0.2) is 9.59 Å². The molecule has 15 atom stereocenters. The Morgan fingerprint density at radius 2 is 0.809 bits per heavy atom. The van der Waals surface area contributed by atoms with E-state index in [4.69, 9.17) is 56.8 Å². The summed E-state index contributed by atoms with van der Waals surface area (Å²) in [5.74, 6) is -1.88. The molecule has 2 N–H and O–H groups in total. The van der Waals surface area contributed by atoms with Gasteiger partial charge in [-0.05, 0) is 57.3 Å². The van der Waals surface area contributed by atoms with Crippen LogP contribution in [0.15, 0.2) is 212 Å². The van der Waals surface area contributed by atoms with E-state index in [1.54, 1.807) is 37.3 Å². The van der Waals surface area contributed by atoms with Gasteiger partial charge in [0, 0.05) is 5.92 Å². The van der Waals surface area contributed by atoms with Gasteiger partial charge in [-0.2, -0.15) is 0 Å². The third kappa shape index (κ3) is 18.3. The predicted octanol–water partition coefficient (Wildman–Crippen LogP) is 10.8. The van der Waals surface area contributed by atoms with Crippen LogP contribution in [0.4, 0.5) is 4.79 Å². The van der Waals surface area contributed by atoms with Gasteiger partial charge in [0.1, 0.15) is 50.0 Å². The number of carbonyl (C=O) groups is 2. The molecular formula is C72H81NO16. The summed E-state index contributed by atoms with van der Waals surface area (Å²) in [4.78, 5) is 29.6. The third-order valence-electron chi connectivity index (χ3n) is 16.5. The summed E-state index contributed by atoms with van der Waals surface area (Å²) in [5.41, 5.74) is 5.53. The summed E-state index contributed by atoms with van der Waals surface area (Å²) in [6.07, 6.45) is -14.9. The van der Waals surface area contributed by atoms with Gasteiger partial charge >= 0.3 is 12.1 Å². The van der Waals surface area contributed by atoms with Crippen LogP contribution in [0, 0.1) is 17.8 Å². The standard InChI is InChI=1S/C72H81NO16/c1-49-50(2)64(69(84-59(49)45-78-40-53-27-13-5-14-28-53)83-48-73(39-52-25-11-4-12-26-52)72(77)82-44-57-35-21-9-22-36-57)88-70-66(81-43-56-33-19-8-20-34-56)63(75)65(61(86-70)47-80-42-55-31-17-7-18-32-55)89-71-67(87-68(76)58-37-23-10-24-38-58)62(74)51(3)60(85-71)46-79-41-54-29-15-6-16-30-54/h4-38,49-51,59-67,69-71,74-75H,39-48H2,1-3H3/t49-,50-,51+,59?,60?,61?,62-,63-,64?,65+,66?,67?,69-,70+,71-/m0/s1. The lowest BCUT2D eigenvalue weighted by molar-refractivity contribution is -0.383. The first kappa shape index (κ1) is 64.8. The first-order valence-electron chi connectivity index (χ1n) is 30.6. The van der Waals surface area contributed by atoms with Crippen LogP contribution in [0.1, 0.15) is 64.5 Å².